The smallest absolute Gasteiger partial charge is 0.342 e. The molecule has 17 heavy (non-hydrogen) atoms. The number of carbonyl (C=O) groups is 1. The Bertz CT molecular complexity index is 445. The zero-order chi connectivity index (χ0) is 12.6. The molecule has 1 fully saturated rings. The Balaban J connectivity index is 2.31. The first-order valence-electron chi connectivity index (χ1n) is 5.11. The summed E-state index contributed by atoms with van der Waals surface area (Å²) in [6.45, 7) is 1.89. The van der Waals surface area contributed by atoms with Gasteiger partial charge in [0.05, 0.1) is 12.2 Å². The molecular formula is C11H11F3N2O. The first kappa shape index (κ1) is 11.8. The lowest BCUT2D eigenvalue weighted by Crippen LogP contribution is -2.30. The van der Waals surface area contributed by atoms with E-state index in [9.17, 15) is 18.0 Å². The van der Waals surface area contributed by atoms with Crippen LogP contribution in [0, 0.1) is 0 Å². The highest BCUT2D eigenvalue weighted by molar-refractivity contribution is 5.88. The van der Waals surface area contributed by atoms with E-state index in [0.717, 1.165) is 12.1 Å². The van der Waals surface area contributed by atoms with Gasteiger partial charge in [-0.15, -0.1) is 0 Å². The summed E-state index contributed by atoms with van der Waals surface area (Å²) in [7, 11) is 0. The lowest BCUT2D eigenvalue weighted by atomic mass is 10.1. The minimum Gasteiger partial charge on any atom is -0.342 e. The van der Waals surface area contributed by atoms with E-state index in [2.05, 4.69) is 5.32 Å². The quantitative estimate of drug-likeness (QED) is 0.819. The van der Waals surface area contributed by atoms with Crippen molar-refractivity contribution in [3.8, 4) is 0 Å². The van der Waals surface area contributed by atoms with Crippen LogP contribution in [0.5, 0.6) is 0 Å². The Morgan fingerprint density at radius 1 is 1.41 bits per heavy atom. The third-order valence-electron chi connectivity index (χ3n) is 2.78. The maximum atomic E-state index is 12.5. The molecule has 1 aromatic rings. The second kappa shape index (κ2) is 3.94. The molecule has 0 bridgehead atoms. The van der Waals surface area contributed by atoms with E-state index in [1.165, 1.54) is 6.07 Å². The van der Waals surface area contributed by atoms with Crippen molar-refractivity contribution in [3.63, 3.8) is 0 Å². The summed E-state index contributed by atoms with van der Waals surface area (Å²) in [6.07, 6.45) is -4.36. The topological polar surface area (TPSA) is 32.3 Å². The molecule has 0 aromatic heterocycles. The first-order chi connectivity index (χ1) is 7.89. The Kier molecular flexibility index (Phi) is 2.73. The van der Waals surface area contributed by atoms with Crippen LogP contribution in [0.15, 0.2) is 24.3 Å². The van der Waals surface area contributed by atoms with Gasteiger partial charge < -0.3 is 10.2 Å². The monoisotopic (exact) mass is 244 g/mol. The van der Waals surface area contributed by atoms with Crippen LogP contribution in [-0.4, -0.2) is 18.6 Å². The molecule has 92 valence electrons. The van der Waals surface area contributed by atoms with Gasteiger partial charge in [-0.05, 0) is 25.1 Å². The second-order valence-corrected chi connectivity index (χ2v) is 3.89. The fourth-order valence-electron chi connectivity index (χ4n) is 1.77. The Morgan fingerprint density at radius 2 is 2.12 bits per heavy atom. The normalized spacial score (nSPS) is 20.6. The summed E-state index contributed by atoms with van der Waals surface area (Å²) in [4.78, 5) is 12.9. The molecule has 1 N–H and O–H groups in total. The number of benzene rings is 1. The van der Waals surface area contributed by atoms with Gasteiger partial charge in [0.1, 0.15) is 6.04 Å². The minimum atomic E-state index is -4.36. The number of carbonyl (C=O) groups excluding carboxylic acids is 1. The lowest BCUT2D eigenvalue weighted by molar-refractivity contribution is -0.137. The number of amides is 1. The van der Waals surface area contributed by atoms with E-state index in [-0.39, 0.29) is 12.6 Å². The van der Waals surface area contributed by atoms with E-state index in [0.29, 0.717) is 5.69 Å². The molecule has 1 heterocycles. The van der Waals surface area contributed by atoms with E-state index >= 15 is 0 Å². The zero-order valence-corrected chi connectivity index (χ0v) is 9.08. The predicted octanol–water partition coefficient (Wildman–Crippen LogP) is 1.99. The molecular weight excluding hydrogens is 233 g/mol. The standard InChI is InChI=1S/C11H11F3N2O/c1-7-10(17)15-6-16(7)9-4-2-3-8(5-9)11(12,13)14/h2-5,7H,6H2,1H3,(H,15,17). The molecule has 1 aromatic carbocycles. The second-order valence-electron chi connectivity index (χ2n) is 3.89. The number of rotatable bonds is 1. The maximum absolute atomic E-state index is 12.5. The molecule has 0 spiro atoms. The molecule has 1 aliphatic rings. The van der Waals surface area contributed by atoms with Crippen LogP contribution in [0.1, 0.15) is 12.5 Å². The van der Waals surface area contributed by atoms with Crippen molar-refractivity contribution in [3.05, 3.63) is 29.8 Å². The van der Waals surface area contributed by atoms with Gasteiger partial charge in [0, 0.05) is 5.69 Å². The highest BCUT2D eigenvalue weighted by atomic mass is 19.4. The maximum Gasteiger partial charge on any atom is 0.416 e. The lowest BCUT2D eigenvalue weighted by Gasteiger charge is -2.21. The fourth-order valence-corrected chi connectivity index (χ4v) is 1.77. The summed E-state index contributed by atoms with van der Waals surface area (Å²) in [6, 6.07) is 4.52. The number of nitrogens with zero attached hydrogens (tertiary/aromatic N) is 1. The van der Waals surface area contributed by atoms with E-state index < -0.39 is 17.8 Å². The third kappa shape index (κ3) is 2.20. The van der Waals surface area contributed by atoms with E-state index in [1.54, 1.807) is 17.9 Å². The van der Waals surface area contributed by atoms with Crippen molar-refractivity contribution in [1.29, 1.82) is 0 Å². The molecule has 0 saturated carbocycles. The average Bonchev–Trinajstić information content (AvgIpc) is 2.59. The van der Waals surface area contributed by atoms with Gasteiger partial charge in [-0.1, -0.05) is 6.07 Å². The van der Waals surface area contributed by atoms with Crippen LogP contribution in [0.2, 0.25) is 0 Å². The van der Waals surface area contributed by atoms with Crippen LogP contribution in [0.25, 0.3) is 0 Å². The van der Waals surface area contributed by atoms with Crippen molar-refractivity contribution in [2.75, 3.05) is 11.6 Å². The van der Waals surface area contributed by atoms with Crippen LogP contribution in [0.4, 0.5) is 18.9 Å². The summed E-state index contributed by atoms with van der Waals surface area (Å²) in [5.74, 6) is -0.178. The Hall–Kier alpha value is -1.72. The third-order valence-corrected chi connectivity index (χ3v) is 2.78. The molecule has 2 rings (SSSR count). The van der Waals surface area contributed by atoms with E-state index in [4.69, 9.17) is 0 Å². The van der Waals surface area contributed by atoms with Gasteiger partial charge in [-0.2, -0.15) is 13.2 Å². The number of hydrogen-bond donors (Lipinski definition) is 1. The number of nitrogens with one attached hydrogen (secondary N) is 1. The van der Waals surface area contributed by atoms with Gasteiger partial charge in [0.2, 0.25) is 5.91 Å². The Morgan fingerprint density at radius 3 is 2.65 bits per heavy atom. The van der Waals surface area contributed by atoms with Gasteiger partial charge in [0.15, 0.2) is 0 Å². The summed E-state index contributed by atoms with van der Waals surface area (Å²) >= 11 is 0. The van der Waals surface area contributed by atoms with Crippen molar-refractivity contribution in [1.82, 2.24) is 5.32 Å². The summed E-state index contributed by atoms with van der Waals surface area (Å²) in [5.41, 5.74) is -0.313. The first-order valence-corrected chi connectivity index (χ1v) is 5.11. The Labute approximate surface area is 96.2 Å². The summed E-state index contributed by atoms with van der Waals surface area (Å²) in [5, 5.41) is 2.58. The molecule has 0 aliphatic carbocycles. The van der Waals surface area contributed by atoms with E-state index in [1.807, 2.05) is 0 Å². The van der Waals surface area contributed by atoms with Crippen LogP contribution in [0.3, 0.4) is 0 Å². The highest BCUT2D eigenvalue weighted by Crippen LogP contribution is 2.32. The molecule has 1 unspecified atom stereocenters. The number of halogens is 3. The SMILES string of the molecule is CC1C(=O)NCN1c1cccc(C(F)(F)F)c1. The minimum absolute atomic E-state index is 0.178. The van der Waals surface area contributed by atoms with Crippen LogP contribution < -0.4 is 10.2 Å². The van der Waals surface area contributed by atoms with Gasteiger partial charge >= 0.3 is 6.18 Å². The van der Waals surface area contributed by atoms with Crippen molar-refractivity contribution < 1.29 is 18.0 Å². The van der Waals surface area contributed by atoms with Gasteiger partial charge in [-0.25, -0.2) is 0 Å². The van der Waals surface area contributed by atoms with Crippen molar-refractivity contribution in [2.24, 2.45) is 0 Å². The van der Waals surface area contributed by atoms with Crippen LogP contribution >= 0.6 is 0 Å². The fraction of sp³-hybridized carbons (Fsp3) is 0.364. The number of hydrogen-bond acceptors (Lipinski definition) is 2. The average molecular weight is 244 g/mol. The molecule has 1 aliphatic heterocycles. The molecule has 6 heteroatoms. The highest BCUT2D eigenvalue weighted by Gasteiger charge is 2.33. The molecule has 1 amide bonds. The van der Waals surface area contributed by atoms with Gasteiger partial charge in [0.25, 0.3) is 0 Å². The molecule has 1 atom stereocenters. The van der Waals surface area contributed by atoms with Crippen molar-refractivity contribution >= 4 is 11.6 Å². The van der Waals surface area contributed by atoms with Crippen molar-refractivity contribution in [2.45, 2.75) is 19.1 Å². The van der Waals surface area contributed by atoms with Crippen LogP contribution in [-0.2, 0) is 11.0 Å². The predicted molar refractivity (Wildman–Crippen MR) is 56.4 cm³/mol. The number of anilines is 1. The zero-order valence-electron chi connectivity index (χ0n) is 9.08. The van der Waals surface area contributed by atoms with Gasteiger partial charge in [-0.3, -0.25) is 4.79 Å². The molecule has 0 radical (unpaired) electrons. The summed E-state index contributed by atoms with van der Waals surface area (Å²) < 4.78 is 37.6. The largest absolute Gasteiger partial charge is 0.416 e. The molecule has 3 nitrogen and oxygen atoms in total. The molecule has 1 saturated heterocycles. The number of alkyl halides is 3.